The Balaban J connectivity index is 3.18. The van der Waals surface area contributed by atoms with Crippen molar-refractivity contribution >= 4 is 5.97 Å². The van der Waals surface area contributed by atoms with E-state index in [0.29, 0.717) is 18.7 Å². The summed E-state index contributed by atoms with van der Waals surface area (Å²) in [5, 5.41) is 12.2. The highest BCUT2D eigenvalue weighted by molar-refractivity contribution is 5.80. The number of likely N-dealkylation sites (N-methyl/N-ethyl adjacent to an activating group) is 1. The predicted molar refractivity (Wildman–Crippen MR) is 57.5 cm³/mol. The fourth-order valence-electron chi connectivity index (χ4n) is 1.66. The number of carboxylic acid groups (broad SMARTS) is 1. The number of nitrogens with zero attached hydrogens (tertiary/aromatic N) is 1. The number of aromatic nitrogens is 1. The van der Waals surface area contributed by atoms with E-state index in [9.17, 15) is 14.3 Å². The van der Waals surface area contributed by atoms with Crippen molar-refractivity contribution in [3.05, 3.63) is 29.8 Å². The molecule has 0 aliphatic carbocycles. The van der Waals surface area contributed by atoms with Crippen LogP contribution in [0, 0.1) is 5.82 Å². The first-order valence-corrected chi connectivity index (χ1v) is 5.17. The van der Waals surface area contributed by atoms with Gasteiger partial charge in [0.05, 0.1) is 11.9 Å². The van der Waals surface area contributed by atoms with Crippen molar-refractivity contribution in [2.45, 2.75) is 25.8 Å². The highest BCUT2D eigenvalue weighted by Gasteiger charge is 2.39. The second-order valence-electron chi connectivity index (χ2n) is 3.46. The number of hydrogen-bond acceptors (Lipinski definition) is 3. The van der Waals surface area contributed by atoms with Crippen LogP contribution in [0.4, 0.5) is 4.39 Å². The Morgan fingerprint density at radius 1 is 1.56 bits per heavy atom. The summed E-state index contributed by atoms with van der Waals surface area (Å²) in [4.78, 5) is 15.2. The Bertz CT molecular complexity index is 367. The normalized spacial score (nSPS) is 14.4. The van der Waals surface area contributed by atoms with E-state index in [0.717, 1.165) is 6.20 Å². The Hall–Kier alpha value is -1.49. The maximum atomic E-state index is 12.7. The SMILES string of the molecule is CCNC(CC)(C(=O)O)c1ccc(F)cn1. The van der Waals surface area contributed by atoms with Crippen molar-refractivity contribution in [2.24, 2.45) is 0 Å². The summed E-state index contributed by atoms with van der Waals surface area (Å²) in [6, 6.07) is 2.61. The van der Waals surface area contributed by atoms with E-state index >= 15 is 0 Å². The minimum atomic E-state index is -1.23. The zero-order chi connectivity index (χ0) is 12.2. The van der Waals surface area contributed by atoms with E-state index in [1.54, 1.807) is 6.92 Å². The smallest absolute Gasteiger partial charge is 0.330 e. The molecule has 1 rings (SSSR count). The van der Waals surface area contributed by atoms with E-state index in [4.69, 9.17) is 0 Å². The van der Waals surface area contributed by atoms with Gasteiger partial charge in [-0.25, -0.2) is 9.18 Å². The van der Waals surface area contributed by atoms with Gasteiger partial charge in [-0.3, -0.25) is 10.3 Å². The van der Waals surface area contributed by atoms with Crippen LogP contribution in [0.1, 0.15) is 26.0 Å². The molecule has 0 bridgehead atoms. The molecule has 16 heavy (non-hydrogen) atoms. The van der Waals surface area contributed by atoms with Crippen LogP contribution in [0.5, 0.6) is 0 Å². The second-order valence-corrected chi connectivity index (χ2v) is 3.46. The summed E-state index contributed by atoms with van der Waals surface area (Å²) < 4.78 is 12.7. The average molecular weight is 226 g/mol. The van der Waals surface area contributed by atoms with Crippen molar-refractivity contribution in [1.82, 2.24) is 10.3 Å². The number of hydrogen-bond donors (Lipinski definition) is 2. The molecule has 0 aliphatic heterocycles. The highest BCUT2D eigenvalue weighted by Crippen LogP contribution is 2.23. The van der Waals surface area contributed by atoms with E-state index in [1.807, 2.05) is 6.92 Å². The van der Waals surface area contributed by atoms with Crippen molar-refractivity contribution in [1.29, 1.82) is 0 Å². The quantitative estimate of drug-likeness (QED) is 0.799. The molecule has 0 fully saturated rings. The summed E-state index contributed by atoms with van der Waals surface area (Å²) in [6.07, 6.45) is 1.37. The van der Waals surface area contributed by atoms with Crippen LogP contribution in [0.15, 0.2) is 18.3 Å². The third-order valence-electron chi connectivity index (χ3n) is 2.54. The Morgan fingerprint density at radius 2 is 2.25 bits per heavy atom. The van der Waals surface area contributed by atoms with E-state index in [2.05, 4.69) is 10.3 Å². The van der Waals surface area contributed by atoms with Crippen molar-refractivity contribution in [3.63, 3.8) is 0 Å². The minimum Gasteiger partial charge on any atom is -0.480 e. The van der Waals surface area contributed by atoms with Crippen molar-refractivity contribution in [2.75, 3.05) is 6.54 Å². The zero-order valence-electron chi connectivity index (χ0n) is 9.33. The predicted octanol–water partition coefficient (Wildman–Crippen LogP) is 1.52. The molecule has 0 saturated carbocycles. The molecule has 1 unspecified atom stereocenters. The summed E-state index contributed by atoms with van der Waals surface area (Å²) in [7, 11) is 0. The third-order valence-corrected chi connectivity index (χ3v) is 2.54. The van der Waals surface area contributed by atoms with Gasteiger partial charge in [0.2, 0.25) is 0 Å². The zero-order valence-corrected chi connectivity index (χ0v) is 9.33. The highest BCUT2D eigenvalue weighted by atomic mass is 19.1. The van der Waals surface area contributed by atoms with Crippen LogP contribution in [0.25, 0.3) is 0 Å². The molecule has 1 atom stereocenters. The van der Waals surface area contributed by atoms with Gasteiger partial charge in [0.1, 0.15) is 5.82 Å². The number of aliphatic carboxylic acids is 1. The molecular weight excluding hydrogens is 211 g/mol. The summed E-state index contributed by atoms with van der Waals surface area (Å²) in [5.74, 6) is -1.48. The van der Waals surface area contributed by atoms with Crippen LogP contribution in [0.3, 0.4) is 0 Å². The average Bonchev–Trinajstić information content (AvgIpc) is 2.27. The lowest BCUT2D eigenvalue weighted by atomic mass is 9.91. The van der Waals surface area contributed by atoms with Gasteiger partial charge in [0.25, 0.3) is 0 Å². The molecule has 2 N–H and O–H groups in total. The van der Waals surface area contributed by atoms with Crippen LogP contribution in [-0.4, -0.2) is 22.6 Å². The fourth-order valence-corrected chi connectivity index (χ4v) is 1.66. The van der Waals surface area contributed by atoms with Crippen molar-refractivity contribution in [3.8, 4) is 0 Å². The molecular formula is C11H15FN2O2. The number of carbonyl (C=O) groups is 1. The van der Waals surface area contributed by atoms with Gasteiger partial charge in [-0.05, 0) is 25.1 Å². The monoisotopic (exact) mass is 226 g/mol. The molecule has 0 amide bonds. The summed E-state index contributed by atoms with van der Waals surface area (Å²) >= 11 is 0. The number of nitrogens with one attached hydrogen (secondary N) is 1. The molecule has 0 spiro atoms. The molecule has 88 valence electrons. The molecule has 1 heterocycles. The molecule has 4 nitrogen and oxygen atoms in total. The van der Waals surface area contributed by atoms with Crippen LogP contribution >= 0.6 is 0 Å². The Labute approximate surface area is 93.5 Å². The molecule has 5 heteroatoms. The van der Waals surface area contributed by atoms with Crippen LogP contribution < -0.4 is 5.32 Å². The summed E-state index contributed by atoms with van der Waals surface area (Å²) in [6.45, 7) is 4.07. The molecule has 0 radical (unpaired) electrons. The van der Waals surface area contributed by atoms with Gasteiger partial charge < -0.3 is 5.11 Å². The first-order valence-electron chi connectivity index (χ1n) is 5.17. The molecule has 1 aromatic rings. The van der Waals surface area contributed by atoms with Gasteiger partial charge in [-0.15, -0.1) is 0 Å². The van der Waals surface area contributed by atoms with Gasteiger partial charge in [-0.2, -0.15) is 0 Å². The number of pyridine rings is 1. The van der Waals surface area contributed by atoms with E-state index in [-0.39, 0.29) is 0 Å². The maximum absolute atomic E-state index is 12.7. The number of rotatable bonds is 5. The topological polar surface area (TPSA) is 62.2 Å². The van der Waals surface area contributed by atoms with Gasteiger partial charge in [-0.1, -0.05) is 13.8 Å². The lowest BCUT2D eigenvalue weighted by Gasteiger charge is -2.28. The number of carboxylic acids is 1. The van der Waals surface area contributed by atoms with Gasteiger partial charge >= 0.3 is 5.97 Å². The molecule has 0 aromatic carbocycles. The van der Waals surface area contributed by atoms with Crippen molar-refractivity contribution < 1.29 is 14.3 Å². The lowest BCUT2D eigenvalue weighted by Crippen LogP contribution is -2.49. The standard InChI is InChI=1S/C11H15FN2O2/c1-3-11(10(15)16,14-4-2)9-6-5-8(12)7-13-9/h5-7,14H,3-4H2,1-2H3,(H,15,16). The number of halogens is 1. The van der Waals surface area contributed by atoms with E-state index in [1.165, 1.54) is 12.1 Å². The second kappa shape index (κ2) is 5.03. The van der Waals surface area contributed by atoms with Crippen LogP contribution in [-0.2, 0) is 10.3 Å². The van der Waals surface area contributed by atoms with Gasteiger partial charge in [0, 0.05) is 0 Å². The Morgan fingerprint density at radius 3 is 2.62 bits per heavy atom. The third kappa shape index (κ3) is 2.19. The first-order chi connectivity index (χ1) is 7.56. The van der Waals surface area contributed by atoms with E-state index < -0.39 is 17.3 Å². The fraction of sp³-hybridized carbons (Fsp3) is 0.455. The van der Waals surface area contributed by atoms with Crippen LogP contribution in [0.2, 0.25) is 0 Å². The summed E-state index contributed by atoms with van der Waals surface area (Å²) in [5.41, 5.74) is -0.909. The largest absolute Gasteiger partial charge is 0.480 e. The lowest BCUT2D eigenvalue weighted by molar-refractivity contribution is -0.145. The van der Waals surface area contributed by atoms with Gasteiger partial charge in [0.15, 0.2) is 5.54 Å². The molecule has 0 saturated heterocycles. The Kier molecular flexibility index (Phi) is 3.95. The maximum Gasteiger partial charge on any atom is 0.330 e. The molecule has 1 aromatic heterocycles. The minimum absolute atomic E-state index is 0.325. The first kappa shape index (κ1) is 12.6. The molecule has 0 aliphatic rings.